The van der Waals surface area contributed by atoms with E-state index in [0.717, 1.165) is 13.0 Å². The minimum Gasteiger partial charge on any atom is -0.361 e. The summed E-state index contributed by atoms with van der Waals surface area (Å²) in [6.07, 6.45) is 2.68. The number of nitrogens with one attached hydrogen (secondary N) is 2. The summed E-state index contributed by atoms with van der Waals surface area (Å²) >= 11 is 1.38. The van der Waals surface area contributed by atoms with E-state index in [2.05, 4.69) is 27.8 Å². The Bertz CT molecular complexity index is 872. The third-order valence-corrected chi connectivity index (χ3v) is 4.86. The van der Waals surface area contributed by atoms with Crippen LogP contribution in [-0.2, 0) is 6.42 Å². The van der Waals surface area contributed by atoms with Gasteiger partial charge >= 0.3 is 5.82 Å². The number of thiazole rings is 1. The average molecular weight is 329 g/mol. The van der Waals surface area contributed by atoms with E-state index < -0.39 is 4.92 Å². The zero-order chi connectivity index (χ0) is 15.8. The van der Waals surface area contributed by atoms with Gasteiger partial charge in [0.05, 0.1) is 0 Å². The Labute approximate surface area is 136 Å². The van der Waals surface area contributed by atoms with E-state index in [0.29, 0.717) is 17.3 Å². The molecular formula is C15H15N5O2S. The van der Waals surface area contributed by atoms with Crippen molar-refractivity contribution in [2.75, 3.05) is 18.4 Å². The molecule has 118 valence electrons. The van der Waals surface area contributed by atoms with Crippen LogP contribution in [0.1, 0.15) is 17.2 Å². The Morgan fingerprint density at radius 1 is 1.48 bits per heavy atom. The van der Waals surface area contributed by atoms with Crippen LogP contribution in [0, 0.1) is 10.1 Å². The summed E-state index contributed by atoms with van der Waals surface area (Å²) < 4.78 is 1.51. The topological polar surface area (TPSA) is 84.5 Å². The van der Waals surface area contributed by atoms with Gasteiger partial charge in [-0.25, -0.2) is 0 Å². The Morgan fingerprint density at radius 3 is 3.22 bits per heavy atom. The van der Waals surface area contributed by atoms with Crippen LogP contribution in [0.4, 0.5) is 11.6 Å². The Kier molecular flexibility index (Phi) is 3.47. The van der Waals surface area contributed by atoms with Crippen molar-refractivity contribution in [1.29, 1.82) is 0 Å². The zero-order valence-corrected chi connectivity index (χ0v) is 13.0. The molecule has 3 aromatic rings. The normalized spacial score (nSPS) is 17.1. The van der Waals surface area contributed by atoms with E-state index in [4.69, 9.17) is 0 Å². The van der Waals surface area contributed by atoms with E-state index in [1.807, 2.05) is 12.1 Å². The highest BCUT2D eigenvalue weighted by atomic mass is 32.1. The molecule has 0 aliphatic carbocycles. The number of hydrogen-bond acceptors (Lipinski definition) is 6. The lowest BCUT2D eigenvalue weighted by Gasteiger charge is -2.27. The number of anilines is 1. The lowest BCUT2D eigenvalue weighted by atomic mass is 9.94. The molecule has 0 amide bonds. The van der Waals surface area contributed by atoms with Crippen molar-refractivity contribution in [3.05, 3.63) is 57.1 Å². The average Bonchev–Trinajstić information content (AvgIpc) is 3.12. The second kappa shape index (κ2) is 5.64. The van der Waals surface area contributed by atoms with E-state index >= 15 is 0 Å². The van der Waals surface area contributed by atoms with Gasteiger partial charge in [0.2, 0.25) is 5.82 Å². The van der Waals surface area contributed by atoms with Crippen molar-refractivity contribution in [2.24, 2.45) is 0 Å². The summed E-state index contributed by atoms with van der Waals surface area (Å²) in [5.41, 5.74) is 2.58. The zero-order valence-electron chi connectivity index (χ0n) is 12.2. The molecule has 1 aliphatic rings. The smallest absolute Gasteiger partial charge is 0.361 e. The Hall–Kier alpha value is -2.45. The standard InChI is InChI=1S/C15H15N5O2S/c21-20(22)14-13(18-15-19(14)7-8-23-15)17-9-12-11-4-2-1-3-10(11)5-6-16-12/h1-4,7-8,12,16-17H,5-6,9H2. The fraction of sp³-hybridized carbons (Fsp3) is 0.267. The summed E-state index contributed by atoms with van der Waals surface area (Å²) in [6, 6.07) is 8.43. The largest absolute Gasteiger partial charge is 0.372 e. The van der Waals surface area contributed by atoms with Crippen molar-refractivity contribution in [1.82, 2.24) is 14.7 Å². The molecule has 7 nitrogen and oxygen atoms in total. The maximum atomic E-state index is 11.3. The van der Waals surface area contributed by atoms with Gasteiger partial charge < -0.3 is 20.7 Å². The Balaban J connectivity index is 1.60. The number of aromatic nitrogens is 2. The van der Waals surface area contributed by atoms with E-state index in [1.165, 1.54) is 26.9 Å². The fourth-order valence-electron chi connectivity index (χ4n) is 3.04. The molecule has 4 rings (SSSR count). The lowest BCUT2D eigenvalue weighted by Crippen LogP contribution is -2.34. The maximum Gasteiger partial charge on any atom is 0.372 e. The number of hydrogen-bond donors (Lipinski definition) is 2. The molecule has 0 radical (unpaired) electrons. The number of imidazole rings is 1. The predicted octanol–water partition coefficient (Wildman–Crippen LogP) is 2.60. The van der Waals surface area contributed by atoms with Crippen LogP contribution in [0.2, 0.25) is 0 Å². The van der Waals surface area contributed by atoms with Crippen LogP contribution in [0.5, 0.6) is 0 Å². The maximum absolute atomic E-state index is 11.3. The molecule has 0 spiro atoms. The van der Waals surface area contributed by atoms with Crippen LogP contribution in [0.25, 0.3) is 4.96 Å². The van der Waals surface area contributed by atoms with Crippen LogP contribution in [0.3, 0.4) is 0 Å². The minimum absolute atomic E-state index is 0.00894. The third-order valence-electron chi connectivity index (χ3n) is 4.10. The molecule has 0 saturated carbocycles. The van der Waals surface area contributed by atoms with Crippen molar-refractivity contribution in [2.45, 2.75) is 12.5 Å². The molecule has 8 heteroatoms. The lowest BCUT2D eigenvalue weighted by molar-refractivity contribution is -0.389. The molecule has 0 saturated heterocycles. The van der Waals surface area contributed by atoms with Gasteiger partial charge in [0.25, 0.3) is 4.96 Å². The van der Waals surface area contributed by atoms with Crippen molar-refractivity contribution in [3.63, 3.8) is 0 Å². The van der Waals surface area contributed by atoms with Crippen LogP contribution >= 0.6 is 11.3 Å². The molecule has 2 aromatic heterocycles. The van der Waals surface area contributed by atoms with Crippen LogP contribution in [-0.4, -0.2) is 27.4 Å². The van der Waals surface area contributed by atoms with Gasteiger partial charge in [-0.3, -0.25) is 0 Å². The fourth-order valence-corrected chi connectivity index (χ4v) is 3.75. The van der Waals surface area contributed by atoms with Gasteiger partial charge in [-0.05, 0) is 29.0 Å². The number of nitro groups is 1. The highest BCUT2D eigenvalue weighted by Gasteiger charge is 2.25. The first-order valence-corrected chi connectivity index (χ1v) is 8.27. The van der Waals surface area contributed by atoms with Crippen LogP contribution < -0.4 is 10.6 Å². The van der Waals surface area contributed by atoms with Crippen molar-refractivity contribution >= 4 is 27.9 Å². The predicted molar refractivity (Wildman–Crippen MR) is 89.1 cm³/mol. The third kappa shape index (κ3) is 2.45. The minimum atomic E-state index is -0.392. The molecule has 0 bridgehead atoms. The van der Waals surface area contributed by atoms with Crippen molar-refractivity contribution < 1.29 is 4.92 Å². The molecule has 0 fully saturated rings. The number of nitrogens with zero attached hydrogens (tertiary/aromatic N) is 3. The van der Waals surface area contributed by atoms with Crippen molar-refractivity contribution in [3.8, 4) is 0 Å². The highest BCUT2D eigenvalue weighted by molar-refractivity contribution is 7.15. The first-order valence-electron chi connectivity index (χ1n) is 7.39. The summed E-state index contributed by atoms with van der Waals surface area (Å²) in [5.74, 6) is 0.317. The summed E-state index contributed by atoms with van der Waals surface area (Å²) in [7, 11) is 0. The monoisotopic (exact) mass is 329 g/mol. The van der Waals surface area contributed by atoms with Gasteiger partial charge in [-0.1, -0.05) is 35.6 Å². The molecule has 1 aromatic carbocycles. The molecule has 2 N–H and O–H groups in total. The first-order chi connectivity index (χ1) is 11.2. The summed E-state index contributed by atoms with van der Waals surface area (Å²) in [5, 5.41) is 19.7. The molecule has 1 aliphatic heterocycles. The molecular weight excluding hydrogens is 314 g/mol. The first kappa shape index (κ1) is 14.2. The van der Waals surface area contributed by atoms with Crippen LogP contribution in [0.15, 0.2) is 35.8 Å². The van der Waals surface area contributed by atoms with Gasteiger partial charge in [-0.2, -0.15) is 9.38 Å². The SMILES string of the molecule is O=[N+]([O-])c1c(NCC2NCCc3ccccc32)nc2sccn12. The van der Waals surface area contributed by atoms with Gasteiger partial charge in [0.15, 0.2) is 0 Å². The molecule has 1 atom stereocenters. The second-order valence-corrected chi connectivity index (χ2v) is 6.31. The second-order valence-electron chi connectivity index (χ2n) is 5.43. The summed E-state index contributed by atoms with van der Waals surface area (Å²) in [6.45, 7) is 1.46. The highest BCUT2D eigenvalue weighted by Crippen LogP contribution is 2.29. The number of fused-ring (bicyclic) bond motifs is 2. The Morgan fingerprint density at radius 2 is 2.35 bits per heavy atom. The van der Waals surface area contributed by atoms with E-state index in [-0.39, 0.29) is 11.9 Å². The molecule has 23 heavy (non-hydrogen) atoms. The quantitative estimate of drug-likeness (QED) is 0.568. The van der Waals surface area contributed by atoms with E-state index in [9.17, 15) is 10.1 Å². The molecule has 3 heterocycles. The van der Waals surface area contributed by atoms with Gasteiger partial charge in [0.1, 0.15) is 6.20 Å². The number of benzene rings is 1. The van der Waals surface area contributed by atoms with Gasteiger partial charge in [0, 0.05) is 18.0 Å². The molecule has 1 unspecified atom stereocenters. The van der Waals surface area contributed by atoms with E-state index in [1.54, 1.807) is 11.6 Å². The number of rotatable bonds is 4. The van der Waals surface area contributed by atoms with Gasteiger partial charge in [-0.15, -0.1) is 0 Å². The summed E-state index contributed by atoms with van der Waals surface area (Å²) in [4.78, 5) is 15.9.